The van der Waals surface area contributed by atoms with E-state index in [-0.39, 0.29) is 6.04 Å². The van der Waals surface area contributed by atoms with Crippen molar-refractivity contribution in [1.29, 1.82) is 0 Å². The lowest BCUT2D eigenvalue weighted by atomic mass is 10.0. The maximum atomic E-state index is 6.03. The van der Waals surface area contributed by atoms with Crippen LogP contribution in [0.2, 0.25) is 0 Å². The molecule has 1 aromatic carbocycles. The molecule has 1 unspecified atom stereocenters. The predicted molar refractivity (Wildman–Crippen MR) is 84.6 cm³/mol. The standard InChI is InChI=1S/C14H22BrNOS/c1-3-13(16)10-11-9-12(15)5-6-14(11)17-7-8-18-4-2/h5-6,9,13H,3-4,7-8,10,16H2,1-2H3. The van der Waals surface area contributed by atoms with Crippen LogP contribution in [-0.2, 0) is 6.42 Å². The van der Waals surface area contributed by atoms with Crippen molar-refractivity contribution in [3.63, 3.8) is 0 Å². The normalized spacial score (nSPS) is 12.4. The molecule has 18 heavy (non-hydrogen) atoms. The maximum Gasteiger partial charge on any atom is 0.122 e. The fourth-order valence-electron chi connectivity index (χ4n) is 1.63. The molecule has 102 valence electrons. The maximum absolute atomic E-state index is 6.03. The Labute approximate surface area is 123 Å². The summed E-state index contributed by atoms with van der Waals surface area (Å²) in [5.74, 6) is 3.14. The Morgan fingerprint density at radius 1 is 1.39 bits per heavy atom. The lowest BCUT2D eigenvalue weighted by Gasteiger charge is -2.14. The van der Waals surface area contributed by atoms with Crippen LogP contribution in [0.15, 0.2) is 22.7 Å². The summed E-state index contributed by atoms with van der Waals surface area (Å²) in [4.78, 5) is 0. The average molecular weight is 332 g/mol. The van der Waals surface area contributed by atoms with E-state index in [2.05, 4.69) is 35.8 Å². The molecule has 0 aliphatic rings. The molecule has 1 aromatic rings. The van der Waals surface area contributed by atoms with Crippen LogP contribution in [0.25, 0.3) is 0 Å². The van der Waals surface area contributed by atoms with Gasteiger partial charge in [-0.25, -0.2) is 0 Å². The van der Waals surface area contributed by atoms with E-state index in [9.17, 15) is 0 Å². The SMILES string of the molecule is CCSCCOc1ccc(Br)cc1CC(N)CC. The van der Waals surface area contributed by atoms with E-state index < -0.39 is 0 Å². The van der Waals surface area contributed by atoms with Crippen molar-refractivity contribution < 1.29 is 4.74 Å². The van der Waals surface area contributed by atoms with E-state index in [1.165, 1.54) is 5.56 Å². The Hall–Kier alpha value is -0.190. The second-order valence-electron chi connectivity index (χ2n) is 4.17. The van der Waals surface area contributed by atoms with Gasteiger partial charge >= 0.3 is 0 Å². The minimum atomic E-state index is 0.201. The summed E-state index contributed by atoms with van der Waals surface area (Å²) in [6.07, 6.45) is 1.85. The lowest BCUT2D eigenvalue weighted by Crippen LogP contribution is -2.21. The molecule has 0 fully saturated rings. The zero-order chi connectivity index (χ0) is 13.4. The molecule has 0 amide bonds. The Morgan fingerprint density at radius 3 is 2.83 bits per heavy atom. The highest BCUT2D eigenvalue weighted by atomic mass is 79.9. The zero-order valence-electron chi connectivity index (χ0n) is 11.1. The third-order valence-electron chi connectivity index (χ3n) is 2.72. The van der Waals surface area contributed by atoms with Crippen molar-refractivity contribution in [1.82, 2.24) is 0 Å². The molecule has 0 bridgehead atoms. The molecule has 0 aromatic heterocycles. The fraction of sp³-hybridized carbons (Fsp3) is 0.571. The number of rotatable bonds is 8. The number of thioether (sulfide) groups is 1. The highest BCUT2D eigenvalue weighted by Crippen LogP contribution is 2.25. The van der Waals surface area contributed by atoms with Crippen LogP contribution >= 0.6 is 27.7 Å². The van der Waals surface area contributed by atoms with E-state index in [0.717, 1.165) is 41.2 Å². The molecule has 0 radical (unpaired) electrons. The first kappa shape index (κ1) is 15.9. The molecule has 1 atom stereocenters. The van der Waals surface area contributed by atoms with Gasteiger partial charge in [-0.1, -0.05) is 29.8 Å². The summed E-state index contributed by atoms with van der Waals surface area (Å²) >= 11 is 5.40. The van der Waals surface area contributed by atoms with Gasteiger partial charge in [-0.3, -0.25) is 0 Å². The molecule has 4 heteroatoms. The molecule has 0 saturated carbocycles. The molecular weight excluding hydrogens is 310 g/mol. The summed E-state index contributed by atoms with van der Waals surface area (Å²) in [5, 5.41) is 0. The summed E-state index contributed by atoms with van der Waals surface area (Å²) < 4.78 is 6.92. The second-order valence-corrected chi connectivity index (χ2v) is 6.48. The van der Waals surface area contributed by atoms with E-state index in [1.54, 1.807) is 0 Å². The van der Waals surface area contributed by atoms with Gasteiger partial charge in [0.15, 0.2) is 0 Å². The molecule has 2 N–H and O–H groups in total. The summed E-state index contributed by atoms with van der Waals surface area (Å²) in [6, 6.07) is 6.35. The van der Waals surface area contributed by atoms with Gasteiger partial charge in [-0.2, -0.15) is 11.8 Å². The van der Waals surface area contributed by atoms with E-state index in [0.29, 0.717) is 0 Å². The number of hydrogen-bond donors (Lipinski definition) is 1. The molecule has 1 rings (SSSR count). The van der Waals surface area contributed by atoms with Crippen molar-refractivity contribution in [2.75, 3.05) is 18.1 Å². The Bertz CT molecular complexity index is 360. The first-order valence-corrected chi connectivity index (χ1v) is 8.36. The number of benzene rings is 1. The monoisotopic (exact) mass is 331 g/mol. The summed E-state index contributed by atoms with van der Waals surface area (Å²) in [6.45, 7) is 5.03. The Kier molecular flexibility index (Phi) is 7.79. The third-order valence-corrected chi connectivity index (χ3v) is 4.08. The molecular formula is C14H22BrNOS. The molecule has 0 aliphatic carbocycles. The third kappa shape index (κ3) is 5.63. The van der Waals surface area contributed by atoms with Gasteiger partial charge < -0.3 is 10.5 Å². The Balaban J connectivity index is 2.64. The number of halogens is 1. The fourth-order valence-corrected chi connectivity index (χ4v) is 2.53. The van der Waals surface area contributed by atoms with Gasteiger partial charge in [0.1, 0.15) is 5.75 Å². The first-order valence-electron chi connectivity index (χ1n) is 6.41. The van der Waals surface area contributed by atoms with Gasteiger partial charge in [0.05, 0.1) is 6.61 Å². The van der Waals surface area contributed by atoms with Crippen LogP contribution in [0, 0.1) is 0 Å². The molecule has 0 heterocycles. The van der Waals surface area contributed by atoms with Gasteiger partial charge in [-0.15, -0.1) is 0 Å². The van der Waals surface area contributed by atoms with Crippen molar-refractivity contribution in [2.24, 2.45) is 5.73 Å². The quantitative estimate of drug-likeness (QED) is 0.734. The van der Waals surface area contributed by atoms with Crippen molar-refractivity contribution in [2.45, 2.75) is 32.7 Å². The van der Waals surface area contributed by atoms with Gasteiger partial charge in [0, 0.05) is 16.3 Å². The molecule has 0 aliphatic heterocycles. The highest BCUT2D eigenvalue weighted by Gasteiger charge is 2.08. The van der Waals surface area contributed by atoms with Crippen molar-refractivity contribution in [3.05, 3.63) is 28.2 Å². The van der Waals surface area contributed by atoms with Crippen molar-refractivity contribution in [3.8, 4) is 5.75 Å². The number of hydrogen-bond acceptors (Lipinski definition) is 3. The van der Waals surface area contributed by atoms with Crippen LogP contribution in [0.4, 0.5) is 0 Å². The first-order chi connectivity index (χ1) is 8.67. The molecule has 0 saturated heterocycles. The highest BCUT2D eigenvalue weighted by molar-refractivity contribution is 9.10. The largest absolute Gasteiger partial charge is 0.492 e. The predicted octanol–water partition coefficient (Wildman–Crippen LogP) is 3.86. The van der Waals surface area contributed by atoms with Crippen LogP contribution in [0.3, 0.4) is 0 Å². The van der Waals surface area contributed by atoms with E-state index >= 15 is 0 Å². The molecule has 0 spiro atoms. The number of ether oxygens (including phenoxy) is 1. The summed E-state index contributed by atoms with van der Waals surface area (Å²) in [7, 11) is 0. The topological polar surface area (TPSA) is 35.2 Å². The van der Waals surface area contributed by atoms with Gasteiger partial charge in [0.2, 0.25) is 0 Å². The average Bonchev–Trinajstić information content (AvgIpc) is 2.36. The molecule has 2 nitrogen and oxygen atoms in total. The zero-order valence-corrected chi connectivity index (χ0v) is 13.5. The van der Waals surface area contributed by atoms with E-state index in [4.69, 9.17) is 10.5 Å². The number of nitrogens with two attached hydrogens (primary N) is 1. The smallest absolute Gasteiger partial charge is 0.122 e. The van der Waals surface area contributed by atoms with Crippen molar-refractivity contribution >= 4 is 27.7 Å². The van der Waals surface area contributed by atoms with Crippen LogP contribution < -0.4 is 10.5 Å². The van der Waals surface area contributed by atoms with Crippen LogP contribution in [0.1, 0.15) is 25.8 Å². The van der Waals surface area contributed by atoms with E-state index in [1.807, 2.05) is 23.9 Å². The van der Waals surface area contributed by atoms with Crippen LogP contribution in [0.5, 0.6) is 5.75 Å². The Morgan fingerprint density at radius 2 is 2.17 bits per heavy atom. The minimum Gasteiger partial charge on any atom is -0.492 e. The van der Waals surface area contributed by atoms with Crippen LogP contribution in [-0.4, -0.2) is 24.2 Å². The summed E-state index contributed by atoms with van der Waals surface area (Å²) in [5.41, 5.74) is 7.22. The van der Waals surface area contributed by atoms with Gasteiger partial charge in [0.25, 0.3) is 0 Å². The van der Waals surface area contributed by atoms with Gasteiger partial charge in [-0.05, 0) is 42.4 Å². The lowest BCUT2D eigenvalue weighted by molar-refractivity contribution is 0.339. The second kappa shape index (κ2) is 8.83. The minimum absolute atomic E-state index is 0.201.